The molecule has 0 unspecified atom stereocenters. The lowest BCUT2D eigenvalue weighted by atomic mass is 10.2. The van der Waals surface area contributed by atoms with Crippen LogP contribution in [0.1, 0.15) is 16.1 Å². The molecule has 1 aromatic heterocycles. The summed E-state index contributed by atoms with van der Waals surface area (Å²) in [5.41, 5.74) is 0.787. The van der Waals surface area contributed by atoms with Gasteiger partial charge in [-0.1, -0.05) is 23.7 Å². The molecule has 0 bridgehead atoms. The summed E-state index contributed by atoms with van der Waals surface area (Å²) in [6, 6.07) is 8.15. The van der Waals surface area contributed by atoms with E-state index in [1.165, 1.54) is 6.07 Å². The maximum atomic E-state index is 11.7. The van der Waals surface area contributed by atoms with Gasteiger partial charge in [0.2, 0.25) is 0 Å². The number of H-pyrrole nitrogens is 2. The number of carbonyl (C=O) groups excluding carboxylic acids is 1. The Hall–Kier alpha value is -2.01. The largest absolute Gasteiger partial charge is 0.346 e. The quantitative estimate of drug-likeness (QED) is 0.769. The molecule has 6 heteroatoms. The van der Waals surface area contributed by atoms with Crippen molar-refractivity contribution in [1.82, 2.24) is 15.5 Å². The van der Waals surface area contributed by atoms with Gasteiger partial charge in [0.1, 0.15) is 0 Å². The van der Waals surface area contributed by atoms with Crippen molar-refractivity contribution in [2.45, 2.75) is 6.54 Å². The number of halogens is 1. The Labute approximate surface area is 102 Å². The van der Waals surface area contributed by atoms with Crippen LogP contribution in [0, 0.1) is 0 Å². The van der Waals surface area contributed by atoms with E-state index >= 15 is 0 Å². The van der Waals surface area contributed by atoms with Crippen molar-refractivity contribution in [3.05, 3.63) is 57.0 Å². The highest BCUT2D eigenvalue weighted by molar-refractivity contribution is 6.33. The number of carbonyl (C=O) groups is 1. The molecule has 0 aliphatic heterocycles. The molecule has 1 aromatic carbocycles. The summed E-state index contributed by atoms with van der Waals surface area (Å²) >= 11 is 5.88. The topological polar surface area (TPSA) is 77.8 Å². The zero-order chi connectivity index (χ0) is 12.3. The Kier molecular flexibility index (Phi) is 3.30. The van der Waals surface area contributed by atoms with Crippen LogP contribution >= 0.6 is 11.6 Å². The van der Waals surface area contributed by atoms with Crippen LogP contribution < -0.4 is 10.9 Å². The van der Waals surface area contributed by atoms with Crippen LogP contribution in [0.15, 0.2) is 35.1 Å². The van der Waals surface area contributed by atoms with E-state index in [1.54, 1.807) is 24.3 Å². The highest BCUT2D eigenvalue weighted by atomic mass is 35.5. The average Bonchev–Trinajstić information content (AvgIpc) is 2.73. The van der Waals surface area contributed by atoms with Gasteiger partial charge in [0.25, 0.3) is 11.5 Å². The van der Waals surface area contributed by atoms with Crippen LogP contribution in [0.25, 0.3) is 0 Å². The second-order valence-corrected chi connectivity index (χ2v) is 3.85. The molecule has 0 aliphatic carbocycles. The Balaban J connectivity index is 2.03. The highest BCUT2D eigenvalue weighted by Crippen LogP contribution is 2.14. The first-order chi connectivity index (χ1) is 8.16. The Bertz CT molecular complexity index is 588. The number of amides is 1. The number of benzene rings is 1. The van der Waals surface area contributed by atoms with E-state index in [9.17, 15) is 9.59 Å². The van der Waals surface area contributed by atoms with Gasteiger partial charge >= 0.3 is 0 Å². The molecule has 1 heterocycles. The molecule has 17 heavy (non-hydrogen) atoms. The molecule has 0 saturated carbocycles. The monoisotopic (exact) mass is 251 g/mol. The molecule has 1 amide bonds. The summed E-state index contributed by atoms with van der Waals surface area (Å²) in [4.78, 5) is 22.6. The fourth-order valence-electron chi connectivity index (χ4n) is 1.38. The highest BCUT2D eigenvalue weighted by Gasteiger charge is 2.09. The Morgan fingerprint density at radius 2 is 2.06 bits per heavy atom. The van der Waals surface area contributed by atoms with Crippen LogP contribution in [-0.2, 0) is 6.54 Å². The van der Waals surface area contributed by atoms with Crippen LogP contribution in [0.4, 0.5) is 0 Å². The first kappa shape index (κ1) is 11.5. The minimum atomic E-state index is -0.280. The summed E-state index contributed by atoms with van der Waals surface area (Å²) in [5.74, 6) is -0.280. The molecule has 0 saturated heterocycles. The molecule has 5 nitrogen and oxygen atoms in total. The summed E-state index contributed by atoms with van der Waals surface area (Å²) < 4.78 is 0. The smallest absolute Gasteiger partial charge is 0.264 e. The van der Waals surface area contributed by atoms with Gasteiger partial charge < -0.3 is 10.4 Å². The van der Waals surface area contributed by atoms with Gasteiger partial charge in [-0.05, 0) is 12.1 Å². The lowest BCUT2D eigenvalue weighted by Gasteiger charge is -2.04. The number of aromatic amines is 2. The zero-order valence-corrected chi connectivity index (χ0v) is 9.54. The van der Waals surface area contributed by atoms with Crippen molar-refractivity contribution in [3.8, 4) is 0 Å². The second kappa shape index (κ2) is 4.88. The van der Waals surface area contributed by atoms with Crippen LogP contribution in [0.2, 0.25) is 5.02 Å². The van der Waals surface area contributed by atoms with Crippen LogP contribution in [0.3, 0.4) is 0 Å². The number of hydrogen-bond donors (Lipinski definition) is 3. The SMILES string of the molecule is O=C(NCc1cc(=O)[nH][nH]1)c1ccccc1Cl. The van der Waals surface area contributed by atoms with E-state index in [1.807, 2.05) is 0 Å². The lowest BCUT2D eigenvalue weighted by Crippen LogP contribution is -2.23. The van der Waals surface area contributed by atoms with E-state index in [0.717, 1.165) is 0 Å². The van der Waals surface area contributed by atoms with Crippen molar-refractivity contribution in [2.24, 2.45) is 0 Å². The molecule has 2 rings (SSSR count). The fourth-order valence-corrected chi connectivity index (χ4v) is 1.61. The molecule has 3 N–H and O–H groups in total. The predicted octanol–water partition coefficient (Wildman–Crippen LogP) is 1.29. The van der Waals surface area contributed by atoms with Crippen LogP contribution in [-0.4, -0.2) is 16.1 Å². The second-order valence-electron chi connectivity index (χ2n) is 3.45. The molecular weight excluding hydrogens is 242 g/mol. The third kappa shape index (κ3) is 2.76. The van der Waals surface area contributed by atoms with Crippen molar-refractivity contribution < 1.29 is 4.79 Å². The first-order valence-corrected chi connectivity index (χ1v) is 5.34. The van der Waals surface area contributed by atoms with Gasteiger partial charge in [-0.2, -0.15) is 0 Å². The molecular formula is C11H10ClN3O2. The summed E-state index contributed by atoms with van der Waals surface area (Å²) in [7, 11) is 0. The summed E-state index contributed by atoms with van der Waals surface area (Å²) in [5, 5.41) is 8.08. The van der Waals surface area contributed by atoms with Crippen molar-refractivity contribution in [2.75, 3.05) is 0 Å². The molecule has 0 spiro atoms. The van der Waals surface area contributed by atoms with Crippen molar-refractivity contribution in [1.29, 1.82) is 0 Å². The molecule has 0 atom stereocenters. The normalized spacial score (nSPS) is 10.2. The predicted molar refractivity (Wildman–Crippen MR) is 64.0 cm³/mol. The van der Waals surface area contributed by atoms with Gasteiger partial charge in [0.15, 0.2) is 0 Å². The standard InChI is InChI=1S/C11H10ClN3O2/c12-9-4-2-1-3-8(9)11(17)13-6-7-5-10(16)15-14-7/h1-5H,6H2,(H,13,17)(H2,14,15,16). The van der Waals surface area contributed by atoms with E-state index in [4.69, 9.17) is 11.6 Å². The minimum Gasteiger partial charge on any atom is -0.346 e. The number of nitrogens with one attached hydrogen (secondary N) is 3. The maximum Gasteiger partial charge on any atom is 0.264 e. The van der Waals surface area contributed by atoms with E-state index in [-0.39, 0.29) is 18.0 Å². The molecule has 0 aliphatic rings. The maximum absolute atomic E-state index is 11.7. The minimum absolute atomic E-state index is 0.230. The van der Waals surface area contributed by atoms with Crippen LogP contribution in [0.5, 0.6) is 0 Å². The zero-order valence-electron chi connectivity index (χ0n) is 8.79. The van der Waals surface area contributed by atoms with Gasteiger partial charge in [0.05, 0.1) is 22.8 Å². The number of rotatable bonds is 3. The summed E-state index contributed by atoms with van der Waals surface area (Å²) in [6.07, 6.45) is 0. The first-order valence-electron chi connectivity index (χ1n) is 4.96. The van der Waals surface area contributed by atoms with Gasteiger partial charge in [0, 0.05) is 6.07 Å². The average molecular weight is 252 g/mol. The third-order valence-electron chi connectivity index (χ3n) is 2.21. The summed E-state index contributed by atoms with van der Waals surface area (Å²) in [6.45, 7) is 0.239. The number of hydrogen-bond acceptors (Lipinski definition) is 2. The fraction of sp³-hybridized carbons (Fsp3) is 0.0909. The van der Waals surface area contributed by atoms with Gasteiger partial charge in [-0.3, -0.25) is 14.7 Å². The van der Waals surface area contributed by atoms with Crippen molar-refractivity contribution >= 4 is 17.5 Å². The van der Waals surface area contributed by atoms with E-state index < -0.39 is 0 Å². The molecule has 0 radical (unpaired) electrons. The van der Waals surface area contributed by atoms with E-state index in [2.05, 4.69) is 15.5 Å². The Morgan fingerprint density at radius 1 is 1.29 bits per heavy atom. The molecule has 2 aromatic rings. The van der Waals surface area contributed by atoms with Gasteiger partial charge in [-0.25, -0.2) is 0 Å². The number of aromatic nitrogens is 2. The lowest BCUT2D eigenvalue weighted by molar-refractivity contribution is 0.0950. The van der Waals surface area contributed by atoms with Crippen molar-refractivity contribution in [3.63, 3.8) is 0 Å². The third-order valence-corrected chi connectivity index (χ3v) is 2.54. The molecule has 88 valence electrons. The van der Waals surface area contributed by atoms with Gasteiger partial charge in [-0.15, -0.1) is 0 Å². The van der Waals surface area contributed by atoms with E-state index in [0.29, 0.717) is 16.3 Å². The molecule has 0 fully saturated rings. The Morgan fingerprint density at radius 3 is 2.71 bits per heavy atom.